The van der Waals surface area contributed by atoms with Crippen LogP contribution in [0.25, 0.3) is 10.9 Å². The summed E-state index contributed by atoms with van der Waals surface area (Å²) in [6, 6.07) is 16.4. The van der Waals surface area contributed by atoms with Gasteiger partial charge in [0.25, 0.3) is 0 Å². The van der Waals surface area contributed by atoms with Crippen molar-refractivity contribution in [3.63, 3.8) is 0 Å². The lowest BCUT2D eigenvalue weighted by Crippen LogP contribution is -2.33. The number of rotatable bonds is 7. The molecule has 0 saturated carbocycles. The highest BCUT2D eigenvalue weighted by Gasteiger charge is 2.30. The highest BCUT2D eigenvalue weighted by Crippen LogP contribution is 2.31. The van der Waals surface area contributed by atoms with E-state index < -0.39 is 6.36 Å². The highest BCUT2D eigenvalue weighted by atomic mass is 19.4. The molecule has 31 heavy (non-hydrogen) atoms. The number of para-hydroxylation sites is 1. The van der Waals surface area contributed by atoms with Crippen molar-refractivity contribution in [3.05, 3.63) is 66.4 Å². The predicted molar refractivity (Wildman–Crippen MR) is 116 cm³/mol. The van der Waals surface area contributed by atoms with Crippen molar-refractivity contribution in [2.24, 2.45) is 5.92 Å². The molecule has 1 fully saturated rings. The van der Waals surface area contributed by atoms with Gasteiger partial charge >= 0.3 is 6.36 Å². The fourth-order valence-electron chi connectivity index (χ4n) is 4.37. The van der Waals surface area contributed by atoms with Crippen LogP contribution in [0.2, 0.25) is 0 Å². The Hall–Kier alpha value is -2.76. The second-order valence-electron chi connectivity index (χ2n) is 8.16. The summed E-state index contributed by atoms with van der Waals surface area (Å²) < 4.78 is 40.6. The number of aromatic nitrogens is 1. The van der Waals surface area contributed by atoms with Crippen molar-refractivity contribution in [2.75, 3.05) is 18.0 Å². The number of hydrogen-bond acceptors (Lipinski definition) is 3. The number of pyridine rings is 1. The lowest BCUT2D eigenvalue weighted by atomic mass is 9.90. The summed E-state index contributed by atoms with van der Waals surface area (Å²) in [5.74, 6) is 0.568. The van der Waals surface area contributed by atoms with Crippen molar-refractivity contribution in [1.82, 2.24) is 4.98 Å². The van der Waals surface area contributed by atoms with Gasteiger partial charge in [0.05, 0.1) is 11.7 Å². The van der Waals surface area contributed by atoms with Crippen LogP contribution in [0.3, 0.4) is 0 Å². The molecule has 0 aliphatic carbocycles. The molecule has 1 aliphatic rings. The third-order valence-corrected chi connectivity index (χ3v) is 6.01. The molecule has 1 aliphatic heterocycles. The molecule has 1 saturated heterocycles. The molecule has 0 atom stereocenters. The summed E-state index contributed by atoms with van der Waals surface area (Å²) in [7, 11) is 0. The second kappa shape index (κ2) is 9.58. The number of aryl methyl sites for hydroxylation is 1. The number of alkyl halides is 3. The number of hydrogen-bond donors (Lipinski definition) is 0. The van der Waals surface area contributed by atoms with Crippen LogP contribution in [-0.4, -0.2) is 24.4 Å². The zero-order chi connectivity index (χ0) is 21.7. The first kappa shape index (κ1) is 21.5. The van der Waals surface area contributed by atoms with Crippen molar-refractivity contribution in [2.45, 2.75) is 44.9 Å². The number of halogens is 3. The molecule has 0 bridgehead atoms. The fraction of sp³-hybridized carbons (Fsp3) is 0.400. The maximum absolute atomic E-state index is 12.2. The van der Waals surface area contributed by atoms with Gasteiger partial charge in [-0.25, -0.2) is 4.98 Å². The Balaban J connectivity index is 1.20. The lowest BCUT2D eigenvalue weighted by molar-refractivity contribution is -0.274. The monoisotopic (exact) mass is 427 g/mol. The summed E-state index contributed by atoms with van der Waals surface area (Å²) in [6.45, 7) is 2.10. The standard InChI is InChI=1S/C25H26F3N2O/c26-25(27,28)31-21-11-9-19(10-12-21)5-1-2-6-20-14-17-30(18-15-20)24-13-16-29-23-8-4-3-7-22(23)24/h3-4,7-13,20H,1-2,5-6,14-15,17-18H2. The number of unbranched alkanes of at least 4 members (excludes halogenated alkanes) is 1. The highest BCUT2D eigenvalue weighted by molar-refractivity contribution is 5.91. The fourth-order valence-corrected chi connectivity index (χ4v) is 4.37. The molecule has 4 rings (SSSR count). The Morgan fingerprint density at radius 1 is 1.00 bits per heavy atom. The normalized spacial score (nSPS) is 15.4. The lowest BCUT2D eigenvalue weighted by Gasteiger charge is -2.34. The summed E-state index contributed by atoms with van der Waals surface area (Å²) in [5, 5.41) is 1.19. The van der Waals surface area contributed by atoms with E-state index in [4.69, 9.17) is 0 Å². The van der Waals surface area contributed by atoms with Crippen LogP contribution in [-0.2, 0) is 6.42 Å². The molecule has 6 heteroatoms. The van der Waals surface area contributed by atoms with Gasteiger partial charge in [-0.1, -0.05) is 43.2 Å². The number of anilines is 1. The van der Waals surface area contributed by atoms with Gasteiger partial charge in [0, 0.05) is 24.2 Å². The van der Waals surface area contributed by atoms with Gasteiger partial charge in [-0.2, -0.15) is 0 Å². The molecule has 2 heterocycles. The Bertz CT molecular complexity index is 975. The molecule has 1 aromatic heterocycles. The van der Waals surface area contributed by atoms with Crippen LogP contribution in [0.15, 0.2) is 54.6 Å². The van der Waals surface area contributed by atoms with Crippen LogP contribution >= 0.6 is 0 Å². The third kappa shape index (κ3) is 5.90. The topological polar surface area (TPSA) is 25.4 Å². The van der Waals surface area contributed by atoms with E-state index in [1.54, 1.807) is 12.1 Å². The van der Waals surface area contributed by atoms with Crippen LogP contribution in [0.4, 0.5) is 18.9 Å². The molecule has 0 spiro atoms. The van der Waals surface area contributed by atoms with Gasteiger partial charge in [0.2, 0.25) is 0 Å². The summed E-state index contributed by atoms with van der Waals surface area (Å²) in [5.41, 5.74) is 3.26. The smallest absolute Gasteiger partial charge is 0.406 e. The third-order valence-electron chi connectivity index (χ3n) is 6.01. The molecule has 0 N–H and O–H groups in total. The number of ether oxygens (including phenoxy) is 1. The molecule has 1 radical (unpaired) electrons. The molecular formula is C25H26F3N2O. The van der Waals surface area contributed by atoms with Crippen molar-refractivity contribution < 1.29 is 17.9 Å². The number of fused-ring (bicyclic) bond motifs is 1. The van der Waals surface area contributed by atoms with E-state index in [-0.39, 0.29) is 5.75 Å². The van der Waals surface area contributed by atoms with Crippen molar-refractivity contribution >= 4 is 16.6 Å². The number of piperidine rings is 1. The summed E-state index contributed by atoms with van der Waals surface area (Å²) in [6.07, 6.45) is 5.01. The Labute approximate surface area is 180 Å². The van der Waals surface area contributed by atoms with Crippen LogP contribution < -0.4 is 9.64 Å². The Morgan fingerprint density at radius 3 is 2.48 bits per heavy atom. The second-order valence-corrected chi connectivity index (χ2v) is 8.16. The first-order valence-electron chi connectivity index (χ1n) is 10.8. The quantitative estimate of drug-likeness (QED) is 0.399. The molecule has 0 unspecified atom stereocenters. The average Bonchev–Trinajstić information content (AvgIpc) is 2.77. The largest absolute Gasteiger partial charge is 0.573 e. The van der Waals surface area contributed by atoms with Crippen molar-refractivity contribution in [1.29, 1.82) is 0 Å². The van der Waals surface area contributed by atoms with E-state index in [0.29, 0.717) is 0 Å². The molecule has 3 aromatic rings. The SMILES string of the molecule is FC(F)(F)Oc1ccc(CCCCC2CCN(c3c[c]nc4ccccc34)CC2)cc1. The predicted octanol–water partition coefficient (Wildman–Crippen LogP) is 6.56. The number of nitrogens with zero attached hydrogens (tertiary/aromatic N) is 2. The van der Waals surface area contributed by atoms with E-state index in [1.165, 1.54) is 42.5 Å². The van der Waals surface area contributed by atoms with E-state index in [2.05, 4.69) is 33.0 Å². The maximum atomic E-state index is 12.2. The molecule has 2 aromatic carbocycles. The van der Waals surface area contributed by atoms with E-state index in [9.17, 15) is 13.2 Å². The maximum Gasteiger partial charge on any atom is 0.573 e. The van der Waals surface area contributed by atoms with Crippen LogP contribution in [0.1, 0.15) is 37.7 Å². The van der Waals surface area contributed by atoms with Crippen molar-refractivity contribution in [3.8, 4) is 5.75 Å². The first-order valence-corrected chi connectivity index (χ1v) is 10.8. The van der Waals surface area contributed by atoms with Crippen LogP contribution in [0.5, 0.6) is 5.75 Å². The van der Waals surface area contributed by atoms with Crippen LogP contribution in [0, 0.1) is 12.1 Å². The van der Waals surface area contributed by atoms with Gasteiger partial charge in [0.15, 0.2) is 0 Å². The minimum absolute atomic E-state index is 0.164. The summed E-state index contributed by atoms with van der Waals surface area (Å²) in [4.78, 5) is 6.78. The first-order chi connectivity index (χ1) is 15.0. The van der Waals surface area contributed by atoms with E-state index in [0.717, 1.165) is 49.4 Å². The number of benzene rings is 2. The molecular weight excluding hydrogens is 401 g/mol. The van der Waals surface area contributed by atoms with Gasteiger partial charge in [-0.15, -0.1) is 13.2 Å². The minimum Gasteiger partial charge on any atom is -0.406 e. The van der Waals surface area contributed by atoms with Gasteiger partial charge in [0.1, 0.15) is 5.75 Å². The van der Waals surface area contributed by atoms with Gasteiger partial charge < -0.3 is 9.64 Å². The van der Waals surface area contributed by atoms with Gasteiger partial charge in [-0.05, 0) is 61.4 Å². The zero-order valence-corrected chi connectivity index (χ0v) is 17.4. The van der Waals surface area contributed by atoms with E-state index >= 15 is 0 Å². The molecule has 3 nitrogen and oxygen atoms in total. The molecule has 0 amide bonds. The zero-order valence-electron chi connectivity index (χ0n) is 17.4. The van der Waals surface area contributed by atoms with Gasteiger partial charge in [-0.3, -0.25) is 0 Å². The molecule has 163 valence electrons. The van der Waals surface area contributed by atoms with E-state index in [1.807, 2.05) is 18.2 Å². The Kier molecular flexibility index (Phi) is 6.64. The minimum atomic E-state index is -4.64. The summed E-state index contributed by atoms with van der Waals surface area (Å²) >= 11 is 0. The average molecular weight is 427 g/mol. The Morgan fingerprint density at radius 2 is 1.74 bits per heavy atom.